The summed E-state index contributed by atoms with van der Waals surface area (Å²) in [6, 6.07) is 12.3. The molecule has 8 heteroatoms. The number of carboxylic acids is 1. The maximum absolute atomic E-state index is 13.2. The number of sulfonamides is 1. The molecule has 1 aliphatic heterocycles. The number of fused-ring (bicyclic) bond motifs is 1. The van der Waals surface area contributed by atoms with Gasteiger partial charge in [-0.3, -0.25) is 9.10 Å². The number of carbonyl (C=O) groups is 1. The van der Waals surface area contributed by atoms with Crippen LogP contribution in [-0.4, -0.2) is 31.0 Å². The number of hydrogen-bond donors (Lipinski definition) is 1. The summed E-state index contributed by atoms with van der Waals surface area (Å²) in [6.07, 6.45) is 1.05. The van der Waals surface area contributed by atoms with Gasteiger partial charge in [0.1, 0.15) is 0 Å². The molecule has 0 radical (unpaired) electrons. The molecule has 1 aliphatic rings. The van der Waals surface area contributed by atoms with Crippen LogP contribution in [0.25, 0.3) is 11.3 Å². The number of thiazole rings is 1. The summed E-state index contributed by atoms with van der Waals surface area (Å²) in [5.74, 6) is -0.873. The van der Waals surface area contributed by atoms with Crippen LogP contribution >= 0.6 is 11.3 Å². The van der Waals surface area contributed by atoms with Gasteiger partial charge in [0.15, 0.2) is 0 Å². The van der Waals surface area contributed by atoms with Crippen molar-refractivity contribution < 1.29 is 18.3 Å². The van der Waals surface area contributed by atoms with Gasteiger partial charge in [0, 0.05) is 23.9 Å². The number of hydrogen-bond acceptors (Lipinski definition) is 5. The van der Waals surface area contributed by atoms with E-state index in [1.807, 2.05) is 30.5 Å². The second-order valence-electron chi connectivity index (χ2n) is 6.96. The zero-order chi connectivity index (χ0) is 20.6. The molecule has 0 saturated carbocycles. The summed E-state index contributed by atoms with van der Waals surface area (Å²) in [5, 5.41) is 11.8. The molecule has 0 unspecified atom stereocenters. The van der Waals surface area contributed by atoms with E-state index in [0.717, 1.165) is 27.4 Å². The largest absolute Gasteiger partial charge is 0.481 e. The highest BCUT2D eigenvalue weighted by molar-refractivity contribution is 7.92. The van der Waals surface area contributed by atoms with Crippen LogP contribution in [0, 0.1) is 6.92 Å². The summed E-state index contributed by atoms with van der Waals surface area (Å²) in [6.45, 7) is 2.36. The van der Waals surface area contributed by atoms with Crippen LogP contribution in [0.5, 0.6) is 0 Å². The van der Waals surface area contributed by atoms with E-state index in [9.17, 15) is 13.2 Å². The fourth-order valence-corrected chi connectivity index (χ4v) is 5.61. The lowest BCUT2D eigenvalue weighted by atomic mass is 10.1. The van der Waals surface area contributed by atoms with Crippen LogP contribution in [0.1, 0.15) is 22.6 Å². The van der Waals surface area contributed by atoms with Gasteiger partial charge in [0.25, 0.3) is 10.0 Å². The van der Waals surface area contributed by atoms with E-state index in [4.69, 9.17) is 5.11 Å². The first-order chi connectivity index (χ1) is 13.8. The molecule has 3 aromatic rings. The van der Waals surface area contributed by atoms with Crippen molar-refractivity contribution in [3.63, 3.8) is 0 Å². The normalized spacial score (nSPS) is 13.5. The molecule has 6 nitrogen and oxygen atoms in total. The third-order valence-corrected chi connectivity index (χ3v) is 7.59. The number of nitrogens with zero attached hydrogens (tertiary/aromatic N) is 2. The summed E-state index contributed by atoms with van der Waals surface area (Å²) in [4.78, 5) is 15.4. The number of carboxylic acid groups (broad SMARTS) is 1. The molecular formula is C21H20N2O4S2. The highest BCUT2D eigenvalue weighted by Crippen LogP contribution is 2.36. The maximum atomic E-state index is 13.2. The molecule has 29 heavy (non-hydrogen) atoms. The van der Waals surface area contributed by atoms with E-state index in [1.54, 1.807) is 35.6 Å². The minimum absolute atomic E-state index is 0.0203. The first-order valence-corrected chi connectivity index (χ1v) is 11.6. The van der Waals surface area contributed by atoms with Crippen molar-refractivity contribution in [2.24, 2.45) is 0 Å². The van der Waals surface area contributed by atoms with Crippen molar-refractivity contribution >= 4 is 33.0 Å². The monoisotopic (exact) mass is 428 g/mol. The molecular weight excluding hydrogens is 408 g/mol. The van der Waals surface area contributed by atoms with Gasteiger partial charge >= 0.3 is 5.97 Å². The maximum Gasteiger partial charge on any atom is 0.303 e. The molecule has 0 aliphatic carbocycles. The van der Waals surface area contributed by atoms with Crippen molar-refractivity contribution in [1.82, 2.24) is 4.98 Å². The van der Waals surface area contributed by atoms with Crippen LogP contribution in [0.15, 0.2) is 52.7 Å². The molecule has 4 rings (SSSR count). The number of aryl methyl sites for hydroxylation is 2. The van der Waals surface area contributed by atoms with Gasteiger partial charge < -0.3 is 5.11 Å². The average molecular weight is 429 g/mol. The Morgan fingerprint density at radius 1 is 1.21 bits per heavy atom. The number of aromatic nitrogens is 1. The fourth-order valence-electron chi connectivity index (χ4n) is 3.48. The minimum atomic E-state index is -3.67. The molecule has 0 bridgehead atoms. The lowest BCUT2D eigenvalue weighted by Crippen LogP contribution is -2.29. The van der Waals surface area contributed by atoms with Crippen molar-refractivity contribution in [2.45, 2.75) is 31.1 Å². The molecule has 0 amide bonds. The van der Waals surface area contributed by atoms with Crippen LogP contribution in [0.4, 0.5) is 5.69 Å². The molecule has 2 heterocycles. The molecule has 0 fully saturated rings. The highest BCUT2D eigenvalue weighted by Gasteiger charge is 2.31. The van der Waals surface area contributed by atoms with Crippen LogP contribution < -0.4 is 4.31 Å². The SMILES string of the molecule is Cc1nc(-c2ccc3c(c2)CCN3S(=O)(=O)c2ccc(CCC(=O)O)cc2)cs1. The Kier molecular flexibility index (Phi) is 5.14. The molecule has 1 aromatic heterocycles. The van der Waals surface area contributed by atoms with E-state index in [0.29, 0.717) is 25.1 Å². The average Bonchev–Trinajstić information content (AvgIpc) is 3.32. The van der Waals surface area contributed by atoms with E-state index in [1.165, 1.54) is 4.31 Å². The van der Waals surface area contributed by atoms with E-state index in [2.05, 4.69) is 4.98 Å². The standard InChI is InChI=1S/C21H20N2O4S2/c1-14-22-19(13-28-14)16-5-8-20-17(12-16)10-11-23(20)29(26,27)18-6-2-15(3-7-18)4-9-21(24)25/h2-3,5-8,12-13H,4,9-11H2,1H3,(H,24,25). The van der Waals surface area contributed by atoms with Gasteiger partial charge in [-0.2, -0.15) is 0 Å². The van der Waals surface area contributed by atoms with Crippen molar-refractivity contribution in [2.75, 3.05) is 10.8 Å². The number of aliphatic carboxylic acids is 1. The topological polar surface area (TPSA) is 87.6 Å². The fraction of sp³-hybridized carbons (Fsp3) is 0.238. The number of benzene rings is 2. The molecule has 0 atom stereocenters. The third-order valence-electron chi connectivity index (χ3n) is 4.99. The van der Waals surface area contributed by atoms with Crippen molar-refractivity contribution in [3.8, 4) is 11.3 Å². The molecule has 150 valence electrons. The minimum Gasteiger partial charge on any atom is -0.481 e. The Labute approximate surface area is 173 Å². The smallest absolute Gasteiger partial charge is 0.303 e. The van der Waals surface area contributed by atoms with Crippen molar-refractivity contribution in [1.29, 1.82) is 0 Å². The van der Waals surface area contributed by atoms with Gasteiger partial charge in [-0.1, -0.05) is 18.2 Å². The number of rotatable bonds is 6. The van der Waals surface area contributed by atoms with E-state index >= 15 is 0 Å². The third kappa shape index (κ3) is 3.90. The lowest BCUT2D eigenvalue weighted by molar-refractivity contribution is -0.136. The second kappa shape index (κ2) is 7.61. The van der Waals surface area contributed by atoms with Gasteiger partial charge in [0.2, 0.25) is 0 Å². The Balaban J connectivity index is 1.59. The Morgan fingerprint density at radius 3 is 2.62 bits per heavy atom. The van der Waals surface area contributed by atoms with Crippen LogP contribution in [0.3, 0.4) is 0 Å². The zero-order valence-corrected chi connectivity index (χ0v) is 17.5. The van der Waals surface area contributed by atoms with Gasteiger partial charge in [-0.05, 0) is 55.2 Å². The van der Waals surface area contributed by atoms with Gasteiger partial charge in [-0.15, -0.1) is 11.3 Å². The molecule has 2 aromatic carbocycles. The summed E-state index contributed by atoms with van der Waals surface area (Å²) >= 11 is 1.59. The van der Waals surface area contributed by atoms with Crippen LogP contribution in [0.2, 0.25) is 0 Å². The highest BCUT2D eigenvalue weighted by atomic mass is 32.2. The Bertz CT molecular complexity index is 1170. The summed E-state index contributed by atoms with van der Waals surface area (Å²) < 4.78 is 27.8. The number of anilines is 1. The molecule has 1 N–H and O–H groups in total. The van der Waals surface area contributed by atoms with E-state index in [-0.39, 0.29) is 11.3 Å². The van der Waals surface area contributed by atoms with Gasteiger partial charge in [-0.25, -0.2) is 13.4 Å². The Morgan fingerprint density at radius 2 is 1.97 bits per heavy atom. The second-order valence-corrected chi connectivity index (χ2v) is 9.88. The predicted molar refractivity (Wildman–Crippen MR) is 113 cm³/mol. The quantitative estimate of drug-likeness (QED) is 0.644. The summed E-state index contributed by atoms with van der Waals surface area (Å²) in [7, 11) is -3.67. The molecule has 0 spiro atoms. The van der Waals surface area contributed by atoms with Crippen LogP contribution in [-0.2, 0) is 27.7 Å². The van der Waals surface area contributed by atoms with E-state index < -0.39 is 16.0 Å². The lowest BCUT2D eigenvalue weighted by Gasteiger charge is -2.20. The first kappa shape index (κ1) is 19.6. The van der Waals surface area contributed by atoms with Crippen molar-refractivity contribution in [3.05, 3.63) is 64.0 Å². The Hall–Kier alpha value is -2.71. The molecule has 0 saturated heterocycles. The summed E-state index contributed by atoms with van der Waals surface area (Å²) in [5.41, 5.74) is 4.41. The first-order valence-electron chi connectivity index (χ1n) is 9.23. The van der Waals surface area contributed by atoms with Gasteiger partial charge in [0.05, 0.1) is 21.3 Å². The predicted octanol–water partition coefficient (Wildman–Crippen LogP) is 3.89. The zero-order valence-electron chi connectivity index (χ0n) is 15.8.